The van der Waals surface area contributed by atoms with Crippen molar-refractivity contribution in [2.45, 2.75) is 24.8 Å². The number of carbonyl (C=O) groups excluding carboxylic acids is 1. The van der Waals surface area contributed by atoms with Gasteiger partial charge in [-0.05, 0) is 43.3 Å². The van der Waals surface area contributed by atoms with E-state index in [1.807, 2.05) is 60.8 Å². The van der Waals surface area contributed by atoms with E-state index >= 15 is 0 Å². The molecule has 1 aromatic heterocycles. The molecule has 0 amide bonds. The molecule has 0 bridgehead atoms. The molecule has 1 heterocycles. The third kappa shape index (κ3) is 6.57. The van der Waals surface area contributed by atoms with Crippen LogP contribution in [0.2, 0.25) is 5.02 Å². The summed E-state index contributed by atoms with van der Waals surface area (Å²) < 4.78 is 5.31. The van der Waals surface area contributed by atoms with Crippen molar-refractivity contribution in [3.05, 3.63) is 70.2 Å². The van der Waals surface area contributed by atoms with Crippen LogP contribution >= 0.6 is 34.7 Å². The van der Waals surface area contributed by atoms with Crippen LogP contribution in [-0.2, 0) is 16.1 Å². The Morgan fingerprint density at radius 2 is 1.93 bits per heavy atom. The van der Waals surface area contributed by atoms with Crippen molar-refractivity contribution in [3.8, 4) is 0 Å². The number of anilines is 2. The first kappa shape index (κ1) is 19.7. The van der Waals surface area contributed by atoms with Crippen molar-refractivity contribution in [1.29, 1.82) is 0 Å². The minimum Gasteiger partial charge on any atom is -0.459 e. The minimum absolute atomic E-state index is 0.191. The van der Waals surface area contributed by atoms with Crippen LogP contribution in [0.25, 0.3) is 0 Å². The number of aromatic nitrogens is 1. The van der Waals surface area contributed by atoms with Gasteiger partial charge in [-0.25, -0.2) is 4.98 Å². The number of nitrogens with one attached hydrogen (secondary N) is 1. The van der Waals surface area contributed by atoms with Crippen LogP contribution in [0, 0.1) is 6.92 Å². The van der Waals surface area contributed by atoms with Crippen LogP contribution in [-0.4, -0.2) is 16.7 Å². The Labute approximate surface area is 171 Å². The maximum atomic E-state index is 11.9. The molecule has 140 valence electrons. The molecule has 4 nitrogen and oxygen atoms in total. The number of ether oxygens (including phenoxy) is 1. The molecule has 0 fully saturated rings. The van der Waals surface area contributed by atoms with Gasteiger partial charge >= 0.3 is 5.97 Å². The van der Waals surface area contributed by atoms with Gasteiger partial charge in [-0.3, -0.25) is 4.79 Å². The van der Waals surface area contributed by atoms with Crippen molar-refractivity contribution in [2.24, 2.45) is 0 Å². The highest BCUT2D eigenvalue weighted by atomic mass is 35.5. The fraction of sp³-hybridized carbons (Fsp3) is 0.200. The molecule has 0 aliphatic carbocycles. The van der Waals surface area contributed by atoms with E-state index < -0.39 is 0 Å². The standard InChI is InChI=1S/C20H19ClN2O2S2/c1-14-2-6-16(7-3-14)22-20-23-17(13-27-20)12-25-19(24)10-11-26-18-8-4-15(21)5-9-18/h2-9,13H,10-12H2,1H3,(H,22,23). The Kier molecular flexibility index (Phi) is 7.15. The molecule has 3 rings (SSSR count). The fourth-order valence-electron chi connectivity index (χ4n) is 2.20. The zero-order chi connectivity index (χ0) is 19.1. The summed E-state index contributed by atoms with van der Waals surface area (Å²) in [4.78, 5) is 17.4. The van der Waals surface area contributed by atoms with Crippen LogP contribution in [0.1, 0.15) is 17.7 Å². The van der Waals surface area contributed by atoms with Gasteiger partial charge in [0.05, 0.1) is 12.1 Å². The summed E-state index contributed by atoms with van der Waals surface area (Å²) in [6.07, 6.45) is 0.353. The van der Waals surface area contributed by atoms with Gasteiger partial charge in [0, 0.05) is 26.7 Å². The molecule has 0 aliphatic rings. The largest absolute Gasteiger partial charge is 0.459 e. The molecule has 3 aromatic rings. The number of halogens is 1. The zero-order valence-electron chi connectivity index (χ0n) is 14.8. The smallest absolute Gasteiger partial charge is 0.307 e. The molecule has 0 radical (unpaired) electrons. The van der Waals surface area contributed by atoms with Gasteiger partial charge in [0.1, 0.15) is 6.61 Å². The van der Waals surface area contributed by atoms with E-state index in [9.17, 15) is 4.79 Å². The third-order valence-electron chi connectivity index (χ3n) is 3.62. The minimum atomic E-state index is -0.225. The summed E-state index contributed by atoms with van der Waals surface area (Å²) in [6.45, 7) is 2.24. The van der Waals surface area contributed by atoms with Crippen molar-refractivity contribution in [3.63, 3.8) is 0 Å². The highest BCUT2D eigenvalue weighted by Crippen LogP contribution is 2.23. The molecular weight excluding hydrogens is 400 g/mol. The summed E-state index contributed by atoms with van der Waals surface area (Å²) >= 11 is 8.95. The summed E-state index contributed by atoms with van der Waals surface area (Å²) in [6, 6.07) is 15.7. The highest BCUT2D eigenvalue weighted by Gasteiger charge is 2.07. The number of rotatable bonds is 8. The number of thiazole rings is 1. The summed E-state index contributed by atoms with van der Waals surface area (Å²) in [5, 5.41) is 6.63. The van der Waals surface area contributed by atoms with E-state index in [1.165, 1.54) is 16.9 Å². The molecule has 0 unspecified atom stereocenters. The predicted octanol–water partition coefficient (Wildman–Crippen LogP) is 6.07. The maximum absolute atomic E-state index is 11.9. The van der Waals surface area contributed by atoms with Gasteiger partial charge < -0.3 is 10.1 Å². The topological polar surface area (TPSA) is 51.2 Å². The molecule has 1 N–H and O–H groups in total. The molecular formula is C20H19ClN2O2S2. The summed E-state index contributed by atoms with van der Waals surface area (Å²) in [5.74, 6) is 0.440. The highest BCUT2D eigenvalue weighted by molar-refractivity contribution is 7.99. The quantitative estimate of drug-likeness (QED) is 0.355. The maximum Gasteiger partial charge on any atom is 0.307 e. The number of esters is 1. The Morgan fingerprint density at radius 1 is 1.19 bits per heavy atom. The predicted molar refractivity (Wildman–Crippen MR) is 113 cm³/mol. The van der Waals surface area contributed by atoms with E-state index in [0.717, 1.165) is 21.4 Å². The molecule has 27 heavy (non-hydrogen) atoms. The number of nitrogens with zero attached hydrogens (tertiary/aromatic N) is 1. The van der Waals surface area contributed by atoms with Gasteiger partial charge in [-0.1, -0.05) is 29.3 Å². The molecule has 0 aliphatic heterocycles. The number of thioether (sulfide) groups is 1. The first-order valence-electron chi connectivity index (χ1n) is 8.40. The first-order chi connectivity index (χ1) is 13.1. The molecule has 7 heteroatoms. The van der Waals surface area contributed by atoms with Gasteiger partial charge in [0.25, 0.3) is 0 Å². The number of benzene rings is 2. The lowest BCUT2D eigenvalue weighted by Gasteiger charge is -2.04. The van der Waals surface area contributed by atoms with Gasteiger partial charge in [0.15, 0.2) is 5.13 Å². The molecule has 0 atom stereocenters. The number of carbonyl (C=O) groups is 1. The van der Waals surface area contributed by atoms with Crippen molar-refractivity contribution >= 4 is 51.5 Å². The van der Waals surface area contributed by atoms with Gasteiger partial charge in [0.2, 0.25) is 0 Å². The van der Waals surface area contributed by atoms with E-state index in [4.69, 9.17) is 16.3 Å². The van der Waals surface area contributed by atoms with Crippen LogP contribution in [0.5, 0.6) is 0 Å². The second kappa shape index (κ2) is 9.78. The normalized spacial score (nSPS) is 10.6. The third-order valence-corrected chi connectivity index (χ3v) is 5.70. The molecule has 2 aromatic carbocycles. The lowest BCUT2D eigenvalue weighted by atomic mass is 10.2. The molecule has 0 saturated carbocycles. The van der Waals surface area contributed by atoms with Crippen LogP contribution in [0.4, 0.5) is 10.8 Å². The first-order valence-corrected chi connectivity index (χ1v) is 10.6. The molecule has 0 spiro atoms. The van der Waals surface area contributed by atoms with Crippen molar-refractivity contribution < 1.29 is 9.53 Å². The van der Waals surface area contributed by atoms with Gasteiger partial charge in [-0.15, -0.1) is 23.1 Å². The summed E-state index contributed by atoms with van der Waals surface area (Å²) in [7, 11) is 0. The van der Waals surface area contributed by atoms with Crippen LogP contribution < -0.4 is 5.32 Å². The van der Waals surface area contributed by atoms with E-state index in [2.05, 4.69) is 10.3 Å². The Bertz CT molecular complexity index is 880. The van der Waals surface area contributed by atoms with Gasteiger partial charge in [-0.2, -0.15) is 0 Å². The number of aryl methyl sites for hydroxylation is 1. The van der Waals surface area contributed by atoms with Crippen LogP contribution in [0.15, 0.2) is 58.8 Å². The second-order valence-corrected chi connectivity index (χ2v) is 8.31. The van der Waals surface area contributed by atoms with Crippen molar-refractivity contribution in [2.75, 3.05) is 11.1 Å². The molecule has 0 saturated heterocycles. The Balaban J connectivity index is 1.39. The summed E-state index contributed by atoms with van der Waals surface area (Å²) in [5.41, 5.74) is 2.94. The second-order valence-electron chi connectivity index (χ2n) is 5.85. The lowest BCUT2D eigenvalue weighted by Crippen LogP contribution is -2.05. The van der Waals surface area contributed by atoms with Crippen LogP contribution in [0.3, 0.4) is 0 Å². The Hall–Kier alpha value is -2.02. The number of hydrogen-bond donors (Lipinski definition) is 1. The van der Waals surface area contributed by atoms with Crippen molar-refractivity contribution in [1.82, 2.24) is 4.98 Å². The lowest BCUT2D eigenvalue weighted by molar-refractivity contribution is -0.144. The van der Waals surface area contributed by atoms with E-state index in [1.54, 1.807) is 11.8 Å². The monoisotopic (exact) mass is 418 g/mol. The average Bonchev–Trinajstić information content (AvgIpc) is 3.11. The zero-order valence-corrected chi connectivity index (χ0v) is 17.2. The SMILES string of the molecule is Cc1ccc(Nc2nc(COC(=O)CCSc3ccc(Cl)cc3)cs2)cc1. The number of hydrogen-bond acceptors (Lipinski definition) is 6. The average molecular weight is 419 g/mol. The van der Waals surface area contributed by atoms with E-state index in [0.29, 0.717) is 17.2 Å². The van der Waals surface area contributed by atoms with E-state index in [-0.39, 0.29) is 12.6 Å². The fourth-order valence-corrected chi connectivity index (χ4v) is 3.87. The Morgan fingerprint density at radius 3 is 2.67 bits per heavy atom.